The van der Waals surface area contributed by atoms with Gasteiger partial charge in [0.25, 0.3) is 0 Å². The van der Waals surface area contributed by atoms with E-state index in [0.29, 0.717) is 0 Å². The SMILES string of the molecule is C=C(CCO)C(=O)OC[C@@H]1OC[C@H](OC(=O)C(=C)CCO[C@@H]2O[C@H](COC(=O)C(=C)CCO[C@@H]3O[C@H](CO)[C@@H](O)[C@H](O)[C@H]3O)[C@@H](O)[C@H](O)[C@H]2O)[C@H](O)[C@H]1O. The lowest BCUT2D eigenvalue weighted by Gasteiger charge is -2.40. The van der Waals surface area contributed by atoms with Crippen molar-refractivity contribution in [1.29, 1.82) is 0 Å². The molecule has 0 unspecified atom stereocenters. The van der Waals surface area contributed by atoms with Gasteiger partial charge in [-0.15, -0.1) is 0 Å². The zero-order valence-electron chi connectivity index (χ0n) is 29.2. The van der Waals surface area contributed by atoms with Gasteiger partial charge in [-0.1, -0.05) is 19.7 Å². The molecule has 10 N–H and O–H groups in total. The van der Waals surface area contributed by atoms with E-state index < -0.39 is 124 Å². The molecular formula is C33H50O21. The number of aliphatic hydroxyl groups is 10. The van der Waals surface area contributed by atoms with Crippen LogP contribution in [0, 0.1) is 0 Å². The van der Waals surface area contributed by atoms with E-state index in [-0.39, 0.29) is 62.4 Å². The van der Waals surface area contributed by atoms with Crippen molar-refractivity contribution in [3.8, 4) is 0 Å². The lowest BCUT2D eigenvalue weighted by Crippen LogP contribution is -2.59. The zero-order valence-corrected chi connectivity index (χ0v) is 29.2. The standard InChI is InChI=1S/C33H50O21/c1-14(4-7-34)29(44)50-11-18-22(37)23(38)19(12-49-18)52-31(46)16(3)6-9-48-33-28(43)26(41)24(39)20(54-33)13-51-30(45)15(2)5-8-47-32-27(42)25(40)21(36)17(10-35)53-32/h17-28,32-43H,1-13H2/t17-,18+,19+,20-,21-,22+,23+,24-,25+,26+,27-,28-,32-,33-/m1/s1. The molecule has 0 aliphatic carbocycles. The maximum atomic E-state index is 12.6. The van der Waals surface area contributed by atoms with Crippen molar-refractivity contribution in [1.82, 2.24) is 0 Å². The molecule has 54 heavy (non-hydrogen) atoms. The van der Waals surface area contributed by atoms with Crippen LogP contribution in [0.5, 0.6) is 0 Å². The monoisotopic (exact) mass is 782 g/mol. The average Bonchev–Trinajstić information content (AvgIpc) is 3.15. The fourth-order valence-electron chi connectivity index (χ4n) is 5.28. The zero-order chi connectivity index (χ0) is 40.3. The topological polar surface area (TPSA) is 327 Å². The number of rotatable bonds is 19. The summed E-state index contributed by atoms with van der Waals surface area (Å²) < 4.78 is 42.1. The Bertz CT molecular complexity index is 1290. The summed E-state index contributed by atoms with van der Waals surface area (Å²) in [6.45, 7) is 7.60. The Kier molecular flexibility index (Phi) is 18.0. The first-order valence-electron chi connectivity index (χ1n) is 16.9. The molecule has 3 saturated heterocycles. The van der Waals surface area contributed by atoms with Crippen LogP contribution < -0.4 is 0 Å². The highest BCUT2D eigenvalue weighted by Crippen LogP contribution is 2.25. The lowest BCUT2D eigenvalue weighted by atomic mass is 9.99. The Balaban J connectivity index is 1.39. The average molecular weight is 783 g/mol. The lowest BCUT2D eigenvalue weighted by molar-refractivity contribution is -0.301. The summed E-state index contributed by atoms with van der Waals surface area (Å²) >= 11 is 0. The molecule has 0 aromatic carbocycles. The van der Waals surface area contributed by atoms with E-state index in [1.54, 1.807) is 0 Å². The third kappa shape index (κ3) is 12.0. The summed E-state index contributed by atoms with van der Waals surface area (Å²) in [5.41, 5.74) is -0.299. The van der Waals surface area contributed by atoms with Crippen molar-refractivity contribution in [2.45, 2.75) is 105 Å². The van der Waals surface area contributed by atoms with E-state index in [1.807, 2.05) is 0 Å². The highest BCUT2D eigenvalue weighted by Gasteiger charge is 2.46. The second kappa shape index (κ2) is 21.4. The Labute approximate surface area is 309 Å². The Morgan fingerprint density at radius 2 is 1.00 bits per heavy atom. The predicted molar refractivity (Wildman–Crippen MR) is 174 cm³/mol. The normalized spacial score (nSPS) is 35.4. The molecule has 0 bridgehead atoms. The van der Waals surface area contributed by atoms with Gasteiger partial charge in [-0.3, -0.25) is 0 Å². The molecule has 3 fully saturated rings. The van der Waals surface area contributed by atoms with E-state index in [9.17, 15) is 60.3 Å². The summed E-state index contributed by atoms with van der Waals surface area (Å²) in [6.07, 6.45) is -21.8. The number of hydrogen-bond donors (Lipinski definition) is 10. The molecule has 3 heterocycles. The second-order valence-corrected chi connectivity index (χ2v) is 12.7. The number of aliphatic hydroxyl groups excluding tert-OH is 10. The first-order valence-corrected chi connectivity index (χ1v) is 16.9. The van der Waals surface area contributed by atoms with E-state index in [2.05, 4.69) is 19.7 Å². The molecule has 3 aliphatic rings. The molecule has 308 valence electrons. The fourth-order valence-corrected chi connectivity index (χ4v) is 5.28. The van der Waals surface area contributed by atoms with Crippen molar-refractivity contribution in [2.75, 3.05) is 46.2 Å². The third-order valence-electron chi connectivity index (χ3n) is 8.77. The van der Waals surface area contributed by atoms with Crippen molar-refractivity contribution in [3.63, 3.8) is 0 Å². The predicted octanol–water partition coefficient (Wildman–Crippen LogP) is -5.42. The van der Waals surface area contributed by atoms with Crippen LogP contribution in [-0.4, -0.2) is 201 Å². The molecule has 3 aliphatic heterocycles. The Morgan fingerprint density at radius 3 is 1.52 bits per heavy atom. The van der Waals surface area contributed by atoms with Gasteiger partial charge in [-0.25, -0.2) is 14.4 Å². The van der Waals surface area contributed by atoms with Crippen LogP contribution in [0.1, 0.15) is 19.3 Å². The number of ether oxygens (including phenoxy) is 8. The molecule has 3 rings (SSSR count). The smallest absolute Gasteiger partial charge is 0.333 e. The van der Waals surface area contributed by atoms with Crippen molar-refractivity contribution in [2.24, 2.45) is 0 Å². The van der Waals surface area contributed by atoms with Crippen LogP contribution in [0.15, 0.2) is 36.5 Å². The summed E-state index contributed by atoms with van der Waals surface area (Å²) in [5, 5.41) is 99.9. The van der Waals surface area contributed by atoms with Gasteiger partial charge in [0.15, 0.2) is 18.7 Å². The third-order valence-corrected chi connectivity index (χ3v) is 8.77. The molecule has 14 atom stereocenters. The van der Waals surface area contributed by atoms with Gasteiger partial charge in [-0.2, -0.15) is 0 Å². The summed E-state index contributed by atoms with van der Waals surface area (Å²) in [4.78, 5) is 37.0. The molecule has 21 heteroatoms. The van der Waals surface area contributed by atoms with Crippen LogP contribution in [0.4, 0.5) is 0 Å². The van der Waals surface area contributed by atoms with Crippen LogP contribution in [0.25, 0.3) is 0 Å². The largest absolute Gasteiger partial charge is 0.459 e. The van der Waals surface area contributed by atoms with Crippen LogP contribution in [0.2, 0.25) is 0 Å². The molecule has 0 amide bonds. The number of esters is 3. The van der Waals surface area contributed by atoms with Crippen LogP contribution in [-0.2, 0) is 52.3 Å². The van der Waals surface area contributed by atoms with Gasteiger partial charge in [-0.05, 0) is 0 Å². The molecule has 0 radical (unpaired) electrons. The van der Waals surface area contributed by atoms with Gasteiger partial charge < -0.3 is 89.0 Å². The Hall–Kier alpha value is -2.97. The van der Waals surface area contributed by atoms with Gasteiger partial charge >= 0.3 is 17.9 Å². The van der Waals surface area contributed by atoms with Gasteiger partial charge in [0.1, 0.15) is 80.4 Å². The highest BCUT2D eigenvalue weighted by atomic mass is 16.7. The van der Waals surface area contributed by atoms with Crippen LogP contribution in [0.3, 0.4) is 0 Å². The quantitative estimate of drug-likeness (QED) is 0.0332. The summed E-state index contributed by atoms with van der Waals surface area (Å²) in [7, 11) is 0. The molecular weight excluding hydrogens is 732 g/mol. The molecule has 0 saturated carbocycles. The van der Waals surface area contributed by atoms with Crippen molar-refractivity contribution in [3.05, 3.63) is 36.5 Å². The molecule has 0 spiro atoms. The molecule has 0 aromatic heterocycles. The summed E-state index contributed by atoms with van der Waals surface area (Å²) in [5.74, 6) is -2.78. The van der Waals surface area contributed by atoms with E-state index >= 15 is 0 Å². The van der Waals surface area contributed by atoms with Crippen molar-refractivity contribution < 1.29 is 103 Å². The Morgan fingerprint density at radius 1 is 0.556 bits per heavy atom. The molecule has 21 nitrogen and oxygen atoms in total. The van der Waals surface area contributed by atoms with E-state index in [4.69, 9.17) is 43.0 Å². The summed E-state index contributed by atoms with van der Waals surface area (Å²) in [6, 6.07) is 0. The minimum Gasteiger partial charge on any atom is -0.459 e. The van der Waals surface area contributed by atoms with Gasteiger partial charge in [0, 0.05) is 42.6 Å². The van der Waals surface area contributed by atoms with E-state index in [0.717, 1.165) is 0 Å². The maximum Gasteiger partial charge on any atom is 0.333 e. The first kappa shape index (κ1) is 45.4. The van der Waals surface area contributed by atoms with Crippen molar-refractivity contribution >= 4 is 17.9 Å². The van der Waals surface area contributed by atoms with Gasteiger partial charge in [0.05, 0.1) is 26.4 Å². The minimum absolute atomic E-state index is 0.000700. The van der Waals surface area contributed by atoms with Crippen LogP contribution >= 0.6 is 0 Å². The minimum atomic E-state index is -1.80. The second-order valence-electron chi connectivity index (χ2n) is 12.7. The van der Waals surface area contributed by atoms with Gasteiger partial charge in [0.2, 0.25) is 0 Å². The highest BCUT2D eigenvalue weighted by molar-refractivity contribution is 5.88. The maximum absolute atomic E-state index is 12.6. The number of carbonyl (C=O) groups excluding carboxylic acids is 3. The fraction of sp³-hybridized carbons (Fsp3) is 0.727. The first-order chi connectivity index (χ1) is 25.5. The van der Waals surface area contributed by atoms with E-state index in [1.165, 1.54) is 0 Å². The number of hydrogen-bond acceptors (Lipinski definition) is 21. The number of carbonyl (C=O) groups is 3. The molecule has 0 aromatic rings.